The van der Waals surface area contributed by atoms with Gasteiger partial charge in [-0.3, -0.25) is 0 Å². The molecule has 1 saturated carbocycles. The first-order valence-electron chi connectivity index (χ1n) is 5.93. The van der Waals surface area contributed by atoms with Crippen LogP contribution < -0.4 is 5.32 Å². The van der Waals surface area contributed by atoms with E-state index in [1.54, 1.807) is 0 Å². The number of halogens is 2. The summed E-state index contributed by atoms with van der Waals surface area (Å²) in [6.45, 7) is 2.29. The molecule has 0 saturated heterocycles. The summed E-state index contributed by atoms with van der Waals surface area (Å²) in [5.74, 6) is 0.832. The molecule has 0 aliphatic heterocycles. The highest BCUT2D eigenvalue weighted by Gasteiger charge is 2.26. The minimum atomic E-state index is 0.639. The van der Waals surface area contributed by atoms with Crippen molar-refractivity contribution in [2.24, 2.45) is 5.92 Å². The molecule has 1 fully saturated rings. The second-order valence-electron chi connectivity index (χ2n) is 4.45. The standard InChI is InChI=1S/C13H17Br2N/c1-2-9-5-3-8-12(9)16-13-10(14)6-4-7-11(13)15/h4,6-7,9,12,16H,2-3,5,8H2,1H3. The first-order chi connectivity index (χ1) is 7.72. The van der Waals surface area contributed by atoms with E-state index < -0.39 is 0 Å². The molecule has 1 aliphatic carbocycles. The molecule has 1 nitrogen and oxygen atoms in total. The summed E-state index contributed by atoms with van der Waals surface area (Å²) in [6, 6.07) is 6.86. The Morgan fingerprint density at radius 3 is 2.56 bits per heavy atom. The molecule has 0 heterocycles. The fourth-order valence-corrected chi connectivity index (χ4v) is 3.76. The van der Waals surface area contributed by atoms with E-state index in [1.807, 2.05) is 6.07 Å². The van der Waals surface area contributed by atoms with Gasteiger partial charge in [-0.2, -0.15) is 0 Å². The van der Waals surface area contributed by atoms with Crippen LogP contribution in [0.15, 0.2) is 27.1 Å². The van der Waals surface area contributed by atoms with E-state index in [0.29, 0.717) is 6.04 Å². The molecule has 0 radical (unpaired) electrons. The fraction of sp³-hybridized carbons (Fsp3) is 0.538. The summed E-state index contributed by atoms with van der Waals surface area (Å²) in [5.41, 5.74) is 1.20. The second kappa shape index (κ2) is 5.54. The monoisotopic (exact) mass is 345 g/mol. The topological polar surface area (TPSA) is 12.0 Å². The Labute approximate surface area is 114 Å². The highest BCUT2D eigenvalue weighted by molar-refractivity contribution is 9.11. The number of benzene rings is 1. The van der Waals surface area contributed by atoms with Crippen LogP contribution in [0.5, 0.6) is 0 Å². The largest absolute Gasteiger partial charge is 0.380 e. The molecule has 1 N–H and O–H groups in total. The molecular formula is C13H17Br2N. The normalized spacial score (nSPS) is 24.7. The first kappa shape index (κ1) is 12.4. The second-order valence-corrected chi connectivity index (χ2v) is 6.16. The Bertz CT molecular complexity index is 345. The molecular weight excluding hydrogens is 330 g/mol. The van der Waals surface area contributed by atoms with Crippen LogP contribution in [-0.4, -0.2) is 6.04 Å². The molecule has 2 atom stereocenters. The van der Waals surface area contributed by atoms with Gasteiger partial charge in [0.2, 0.25) is 0 Å². The van der Waals surface area contributed by atoms with Crippen molar-refractivity contribution in [1.82, 2.24) is 0 Å². The van der Waals surface area contributed by atoms with Crippen molar-refractivity contribution in [3.63, 3.8) is 0 Å². The van der Waals surface area contributed by atoms with Crippen molar-refractivity contribution in [3.05, 3.63) is 27.1 Å². The number of nitrogens with one attached hydrogen (secondary N) is 1. The van der Waals surface area contributed by atoms with Crippen molar-refractivity contribution in [3.8, 4) is 0 Å². The summed E-state index contributed by atoms with van der Waals surface area (Å²) < 4.78 is 2.28. The lowest BCUT2D eigenvalue weighted by atomic mass is 10.0. The van der Waals surface area contributed by atoms with Gasteiger partial charge in [-0.15, -0.1) is 0 Å². The van der Waals surface area contributed by atoms with Crippen molar-refractivity contribution in [1.29, 1.82) is 0 Å². The van der Waals surface area contributed by atoms with Gasteiger partial charge in [-0.25, -0.2) is 0 Å². The Balaban J connectivity index is 2.14. The van der Waals surface area contributed by atoms with Gasteiger partial charge in [0.1, 0.15) is 0 Å². The Kier molecular flexibility index (Phi) is 4.31. The molecule has 2 unspecified atom stereocenters. The SMILES string of the molecule is CCC1CCCC1Nc1c(Br)cccc1Br. The van der Waals surface area contributed by atoms with Crippen molar-refractivity contribution in [2.75, 3.05) is 5.32 Å². The maximum atomic E-state index is 3.68. The highest BCUT2D eigenvalue weighted by atomic mass is 79.9. The summed E-state index contributed by atoms with van der Waals surface area (Å²) in [6.07, 6.45) is 5.31. The third-order valence-electron chi connectivity index (χ3n) is 3.48. The molecule has 0 aromatic heterocycles. The van der Waals surface area contributed by atoms with Crippen LogP contribution in [0.1, 0.15) is 32.6 Å². The molecule has 1 aromatic carbocycles. The minimum absolute atomic E-state index is 0.639. The number of hydrogen-bond donors (Lipinski definition) is 1. The quantitative estimate of drug-likeness (QED) is 0.792. The highest BCUT2D eigenvalue weighted by Crippen LogP contribution is 2.36. The van der Waals surface area contributed by atoms with Gasteiger partial charge in [0, 0.05) is 15.0 Å². The zero-order chi connectivity index (χ0) is 11.5. The van der Waals surface area contributed by atoms with Crippen LogP contribution in [0.2, 0.25) is 0 Å². The third-order valence-corrected chi connectivity index (χ3v) is 4.80. The maximum Gasteiger partial charge on any atom is 0.0631 e. The van der Waals surface area contributed by atoms with E-state index in [-0.39, 0.29) is 0 Å². The Hall–Kier alpha value is -0.0200. The predicted molar refractivity (Wildman–Crippen MR) is 76.9 cm³/mol. The van der Waals surface area contributed by atoms with Crippen LogP contribution in [0, 0.1) is 5.92 Å². The summed E-state index contributed by atoms with van der Waals surface area (Å²) in [5, 5.41) is 3.68. The Morgan fingerprint density at radius 2 is 1.94 bits per heavy atom. The predicted octanol–water partition coefficient (Wildman–Crippen LogP) is 5.20. The minimum Gasteiger partial charge on any atom is -0.380 e. The van der Waals surface area contributed by atoms with Crippen LogP contribution in [0.4, 0.5) is 5.69 Å². The third kappa shape index (κ3) is 2.62. The average Bonchev–Trinajstić information content (AvgIpc) is 2.71. The molecule has 88 valence electrons. The van der Waals surface area contributed by atoms with Crippen molar-refractivity contribution < 1.29 is 0 Å². The fourth-order valence-electron chi connectivity index (χ4n) is 2.54. The van der Waals surface area contributed by atoms with Gasteiger partial charge in [0.15, 0.2) is 0 Å². The van der Waals surface area contributed by atoms with Gasteiger partial charge in [0.25, 0.3) is 0 Å². The number of para-hydroxylation sites is 1. The van der Waals surface area contributed by atoms with Crippen LogP contribution in [0.25, 0.3) is 0 Å². The number of hydrogen-bond acceptors (Lipinski definition) is 1. The molecule has 16 heavy (non-hydrogen) atoms. The molecule has 2 rings (SSSR count). The zero-order valence-electron chi connectivity index (χ0n) is 9.47. The van der Waals surface area contributed by atoms with Gasteiger partial charge in [0.05, 0.1) is 5.69 Å². The number of rotatable bonds is 3. The van der Waals surface area contributed by atoms with Gasteiger partial charge >= 0.3 is 0 Å². The first-order valence-corrected chi connectivity index (χ1v) is 7.51. The zero-order valence-corrected chi connectivity index (χ0v) is 12.6. The summed E-state index contributed by atoms with van der Waals surface area (Å²) in [4.78, 5) is 0. The molecule has 1 aromatic rings. The summed E-state index contributed by atoms with van der Waals surface area (Å²) >= 11 is 7.21. The maximum absolute atomic E-state index is 3.68. The van der Waals surface area contributed by atoms with E-state index in [1.165, 1.54) is 31.4 Å². The molecule has 0 spiro atoms. The van der Waals surface area contributed by atoms with E-state index in [9.17, 15) is 0 Å². The lowest BCUT2D eigenvalue weighted by Crippen LogP contribution is -2.23. The van der Waals surface area contributed by atoms with E-state index >= 15 is 0 Å². The molecule has 1 aliphatic rings. The van der Waals surface area contributed by atoms with Gasteiger partial charge < -0.3 is 5.32 Å². The smallest absolute Gasteiger partial charge is 0.0631 e. The van der Waals surface area contributed by atoms with E-state index in [0.717, 1.165) is 14.9 Å². The van der Waals surface area contributed by atoms with Gasteiger partial charge in [-0.05, 0) is 62.8 Å². The van der Waals surface area contributed by atoms with Crippen molar-refractivity contribution >= 4 is 37.5 Å². The van der Waals surface area contributed by atoms with Crippen molar-refractivity contribution in [2.45, 2.75) is 38.6 Å². The van der Waals surface area contributed by atoms with E-state index in [4.69, 9.17) is 0 Å². The Morgan fingerprint density at radius 1 is 1.25 bits per heavy atom. The summed E-state index contributed by atoms with van der Waals surface area (Å²) in [7, 11) is 0. The van der Waals surface area contributed by atoms with Crippen LogP contribution in [0.3, 0.4) is 0 Å². The van der Waals surface area contributed by atoms with Crippen LogP contribution in [-0.2, 0) is 0 Å². The number of anilines is 1. The lowest BCUT2D eigenvalue weighted by molar-refractivity contribution is 0.489. The van der Waals surface area contributed by atoms with Crippen LogP contribution >= 0.6 is 31.9 Å². The molecule has 0 bridgehead atoms. The van der Waals surface area contributed by atoms with E-state index in [2.05, 4.69) is 56.2 Å². The van der Waals surface area contributed by atoms with Gasteiger partial charge in [-0.1, -0.05) is 25.8 Å². The molecule has 0 amide bonds. The average molecular weight is 347 g/mol. The molecule has 3 heteroatoms. The lowest BCUT2D eigenvalue weighted by Gasteiger charge is -2.22.